The molecule has 0 saturated carbocycles. The Bertz CT molecular complexity index is 724. The molecular weight excluding hydrogens is 278 g/mol. The Hall–Kier alpha value is -1.81. The second kappa shape index (κ2) is 5.76. The normalized spacial score (nSPS) is 16.3. The van der Waals surface area contributed by atoms with Crippen LogP contribution in [-0.2, 0) is 6.54 Å². The molecular formula is C18H23NO3. The number of carboxylic acid groups (broad SMARTS) is 1. The number of aromatic carboxylic acids is 1. The molecule has 0 aliphatic carbocycles. The maximum atomic E-state index is 11.4. The topological polar surface area (TPSA) is 53.7 Å². The van der Waals surface area contributed by atoms with Crippen LogP contribution in [0.15, 0.2) is 10.5 Å². The van der Waals surface area contributed by atoms with Gasteiger partial charge < -0.3 is 9.52 Å². The van der Waals surface area contributed by atoms with Crippen LogP contribution >= 0.6 is 0 Å². The summed E-state index contributed by atoms with van der Waals surface area (Å²) in [6.45, 7) is 9.08. The molecule has 118 valence electrons. The first-order valence-corrected chi connectivity index (χ1v) is 7.97. The van der Waals surface area contributed by atoms with Gasteiger partial charge in [0.25, 0.3) is 0 Å². The number of aryl methyl sites for hydroxylation is 2. The molecule has 4 nitrogen and oxygen atoms in total. The SMILES string of the molecule is Cc1cc2c(C)c(C(=O)O)oc2c(CN2CCCCC2)c1C. The van der Waals surface area contributed by atoms with E-state index in [1.165, 1.54) is 30.4 Å². The van der Waals surface area contributed by atoms with E-state index in [1.807, 2.05) is 6.92 Å². The number of carboxylic acids is 1. The molecule has 0 spiro atoms. The Labute approximate surface area is 130 Å². The van der Waals surface area contributed by atoms with Gasteiger partial charge in [0.2, 0.25) is 5.76 Å². The maximum Gasteiger partial charge on any atom is 0.372 e. The maximum absolute atomic E-state index is 11.4. The average Bonchev–Trinajstić information content (AvgIpc) is 2.82. The summed E-state index contributed by atoms with van der Waals surface area (Å²) in [5.74, 6) is -0.923. The Morgan fingerprint density at radius 3 is 2.50 bits per heavy atom. The molecule has 0 amide bonds. The van der Waals surface area contributed by atoms with Crippen LogP contribution in [0.2, 0.25) is 0 Å². The Morgan fingerprint density at radius 1 is 1.18 bits per heavy atom. The molecule has 0 bridgehead atoms. The lowest BCUT2D eigenvalue weighted by Crippen LogP contribution is -2.29. The molecule has 1 fully saturated rings. The largest absolute Gasteiger partial charge is 0.475 e. The molecule has 1 aliphatic rings. The minimum atomic E-state index is -0.993. The fraction of sp³-hybridized carbons (Fsp3) is 0.500. The first-order valence-electron chi connectivity index (χ1n) is 7.97. The van der Waals surface area contributed by atoms with Crippen molar-refractivity contribution in [2.75, 3.05) is 13.1 Å². The summed E-state index contributed by atoms with van der Waals surface area (Å²) in [5.41, 5.74) is 5.03. The van der Waals surface area contributed by atoms with Crippen molar-refractivity contribution >= 4 is 16.9 Å². The number of benzene rings is 1. The standard InChI is InChI=1S/C18H23NO3/c1-11-9-14-13(3)16(18(20)21)22-17(14)15(12(11)2)10-19-7-5-4-6-8-19/h9H,4-8,10H2,1-3H3,(H,20,21). The Balaban J connectivity index is 2.12. The molecule has 2 aromatic rings. The van der Waals surface area contributed by atoms with Gasteiger partial charge in [0.1, 0.15) is 5.58 Å². The van der Waals surface area contributed by atoms with Crippen LogP contribution in [0.3, 0.4) is 0 Å². The highest BCUT2D eigenvalue weighted by Crippen LogP contribution is 2.33. The van der Waals surface area contributed by atoms with Crippen LogP contribution in [0.1, 0.15) is 52.1 Å². The third kappa shape index (κ3) is 2.52. The summed E-state index contributed by atoms with van der Waals surface area (Å²) >= 11 is 0. The van der Waals surface area contributed by atoms with Gasteiger partial charge in [-0.25, -0.2) is 4.79 Å². The van der Waals surface area contributed by atoms with Crippen LogP contribution in [0, 0.1) is 20.8 Å². The molecule has 0 radical (unpaired) electrons. The van der Waals surface area contributed by atoms with Gasteiger partial charge in [0, 0.05) is 23.1 Å². The number of piperidine rings is 1. The summed E-state index contributed by atoms with van der Waals surface area (Å²) in [4.78, 5) is 13.8. The van der Waals surface area contributed by atoms with Gasteiger partial charge in [0.05, 0.1) is 0 Å². The predicted molar refractivity (Wildman–Crippen MR) is 86.5 cm³/mol. The molecule has 1 aromatic carbocycles. The number of fused-ring (bicyclic) bond motifs is 1. The van der Waals surface area contributed by atoms with Gasteiger partial charge in [0.15, 0.2) is 0 Å². The number of rotatable bonds is 3. The van der Waals surface area contributed by atoms with Gasteiger partial charge in [-0.2, -0.15) is 0 Å². The van der Waals surface area contributed by atoms with Gasteiger partial charge in [-0.15, -0.1) is 0 Å². The van der Waals surface area contributed by atoms with Crippen molar-refractivity contribution in [1.82, 2.24) is 4.90 Å². The minimum Gasteiger partial charge on any atom is -0.475 e. The van der Waals surface area contributed by atoms with Crippen molar-refractivity contribution in [3.05, 3.63) is 34.1 Å². The third-order valence-corrected chi connectivity index (χ3v) is 4.90. The summed E-state index contributed by atoms with van der Waals surface area (Å²) in [7, 11) is 0. The second-order valence-electron chi connectivity index (χ2n) is 6.37. The summed E-state index contributed by atoms with van der Waals surface area (Å²) in [5, 5.41) is 10.3. The highest BCUT2D eigenvalue weighted by molar-refractivity contribution is 5.96. The fourth-order valence-corrected chi connectivity index (χ4v) is 3.39. The summed E-state index contributed by atoms with van der Waals surface area (Å²) < 4.78 is 5.74. The highest BCUT2D eigenvalue weighted by atomic mass is 16.4. The number of likely N-dealkylation sites (tertiary alicyclic amines) is 1. The lowest BCUT2D eigenvalue weighted by molar-refractivity contribution is 0.0664. The van der Waals surface area contributed by atoms with E-state index in [4.69, 9.17) is 4.42 Å². The zero-order chi connectivity index (χ0) is 15.9. The van der Waals surface area contributed by atoms with E-state index in [-0.39, 0.29) is 5.76 Å². The number of nitrogens with zero attached hydrogens (tertiary/aromatic N) is 1. The summed E-state index contributed by atoms with van der Waals surface area (Å²) in [6.07, 6.45) is 3.79. The van der Waals surface area contributed by atoms with Crippen molar-refractivity contribution in [1.29, 1.82) is 0 Å². The molecule has 4 heteroatoms. The molecule has 1 N–H and O–H groups in total. The zero-order valence-electron chi connectivity index (χ0n) is 13.5. The molecule has 1 aliphatic heterocycles. The zero-order valence-corrected chi connectivity index (χ0v) is 13.5. The lowest BCUT2D eigenvalue weighted by atomic mass is 9.97. The first-order chi connectivity index (χ1) is 10.5. The minimum absolute atomic E-state index is 0.0693. The number of hydrogen-bond donors (Lipinski definition) is 1. The van der Waals surface area contributed by atoms with Crippen molar-refractivity contribution in [2.45, 2.75) is 46.6 Å². The van der Waals surface area contributed by atoms with Crippen molar-refractivity contribution in [2.24, 2.45) is 0 Å². The average molecular weight is 301 g/mol. The van der Waals surface area contributed by atoms with E-state index >= 15 is 0 Å². The first kappa shape index (κ1) is 15.1. The van der Waals surface area contributed by atoms with E-state index in [0.717, 1.165) is 41.7 Å². The molecule has 0 atom stereocenters. The van der Waals surface area contributed by atoms with Crippen LogP contribution in [0.4, 0.5) is 0 Å². The van der Waals surface area contributed by atoms with Gasteiger partial charge in [-0.1, -0.05) is 6.42 Å². The Kier molecular flexibility index (Phi) is 3.96. The van der Waals surface area contributed by atoms with Gasteiger partial charge in [-0.3, -0.25) is 4.90 Å². The quantitative estimate of drug-likeness (QED) is 0.929. The van der Waals surface area contributed by atoms with E-state index < -0.39 is 5.97 Å². The molecule has 3 rings (SSSR count). The van der Waals surface area contributed by atoms with Gasteiger partial charge >= 0.3 is 5.97 Å². The van der Waals surface area contributed by atoms with Crippen molar-refractivity contribution < 1.29 is 14.3 Å². The Morgan fingerprint density at radius 2 is 1.86 bits per heavy atom. The molecule has 2 heterocycles. The fourth-order valence-electron chi connectivity index (χ4n) is 3.39. The summed E-state index contributed by atoms with van der Waals surface area (Å²) in [6, 6.07) is 2.05. The van der Waals surface area contributed by atoms with E-state index in [0.29, 0.717) is 0 Å². The van der Waals surface area contributed by atoms with E-state index in [9.17, 15) is 9.90 Å². The molecule has 1 aromatic heterocycles. The van der Waals surface area contributed by atoms with Crippen LogP contribution in [0.5, 0.6) is 0 Å². The number of furan rings is 1. The number of hydrogen-bond acceptors (Lipinski definition) is 3. The van der Waals surface area contributed by atoms with Crippen LogP contribution < -0.4 is 0 Å². The monoisotopic (exact) mass is 301 g/mol. The third-order valence-electron chi connectivity index (χ3n) is 4.90. The highest BCUT2D eigenvalue weighted by Gasteiger charge is 2.22. The predicted octanol–water partition coefficient (Wildman–Crippen LogP) is 4.04. The second-order valence-corrected chi connectivity index (χ2v) is 6.37. The van der Waals surface area contributed by atoms with E-state index in [2.05, 4.69) is 24.8 Å². The van der Waals surface area contributed by atoms with Crippen LogP contribution in [-0.4, -0.2) is 29.1 Å². The number of carbonyl (C=O) groups is 1. The molecule has 1 saturated heterocycles. The smallest absolute Gasteiger partial charge is 0.372 e. The van der Waals surface area contributed by atoms with Gasteiger partial charge in [-0.05, 0) is 63.9 Å². The lowest BCUT2D eigenvalue weighted by Gasteiger charge is -2.27. The van der Waals surface area contributed by atoms with Crippen molar-refractivity contribution in [3.63, 3.8) is 0 Å². The van der Waals surface area contributed by atoms with Crippen molar-refractivity contribution in [3.8, 4) is 0 Å². The van der Waals surface area contributed by atoms with E-state index in [1.54, 1.807) is 0 Å². The molecule has 0 unspecified atom stereocenters. The van der Waals surface area contributed by atoms with Crippen LogP contribution in [0.25, 0.3) is 11.0 Å². The molecule has 22 heavy (non-hydrogen) atoms.